The third-order valence-electron chi connectivity index (χ3n) is 4.73. The molecule has 3 heterocycles. The van der Waals surface area contributed by atoms with Gasteiger partial charge in [0.25, 0.3) is 0 Å². The first kappa shape index (κ1) is 16.0. The van der Waals surface area contributed by atoms with E-state index in [0.717, 1.165) is 64.1 Å². The molecule has 0 radical (unpaired) electrons. The molecule has 6 nitrogen and oxygen atoms in total. The Morgan fingerprint density at radius 1 is 1.22 bits per heavy atom. The minimum absolute atomic E-state index is 0.342. The third-order valence-corrected chi connectivity index (χ3v) is 4.73. The van der Waals surface area contributed by atoms with E-state index < -0.39 is 0 Å². The van der Waals surface area contributed by atoms with E-state index >= 15 is 0 Å². The minimum atomic E-state index is 0.342. The maximum absolute atomic E-state index is 11.9. The number of amides is 1. The van der Waals surface area contributed by atoms with Crippen molar-refractivity contribution in [3.8, 4) is 5.88 Å². The zero-order valence-electron chi connectivity index (χ0n) is 13.9. The van der Waals surface area contributed by atoms with Crippen LogP contribution in [-0.4, -0.2) is 53.6 Å². The Bertz CT molecular complexity index is 529. The predicted octanol–water partition coefficient (Wildman–Crippen LogP) is 2.10. The van der Waals surface area contributed by atoms with Gasteiger partial charge in [0.05, 0.1) is 19.0 Å². The van der Waals surface area contributed by atoms with Crippen LogP contribution in [0.3, 0.4) is 0 Å². The van der Waals surface area contributed by atoms with Crippen molar-refractivity contribution in [3.63, 3.8) is 0 Å². The Labute approximate surface area is 137 Å². The Kier molecular flexibility index (Phi) is 5.31. The number of carbonyl (C=O) groups is 1. The quantitative estimate of drug-likeness (QED) is 0.832. The van der Waals surface area contributed by atoms with E-state index in [1.54, 1.807) is 12.4 Å². The Morgan fingerprint density at radius 2 is 2.04 bits per heavy atom. The molecule has 0 saturated carbocycles. The minimum Gasteiger partial charge on any atom is -0.477 e. The fraction of sp³-hybridized carbons (Fsp3) is 0.706. The molecule has 126 valence electrons. The Balaban J connectivity index is 1.52. The van der Waals surface area contributed by atoms with Gasteiger partial charge in [-0.2, -0.15) is 4.98 Å². The maximum Gasteiger partial charge on any atom is 0.234 e. The highest BCUT2D eigenvalue weighted by Gasteiger charge is 2.25. The van der Waals surface area contributed by atoms with Gasteiger partial charge in [-0.3, -0.25) is 9.78 Å². The second-order valence-corrected chi connectivity index (χ2v) is 6.38. The van der Waals surface area contributed by atoms with E-state index in [1.165, 1.54) is 0 Å². The first-order valence-corrected chi connectivity index (χ1v) is 8.74. The van der Waals surface area contributed by atoms with Crippen molar-refractivity contribution in [2.75, 3.05) is 37.7 Å². The van der Waals surface area contributed by atoms with Crippen molar-refractivity contribution in [1.82, 2.24) is 14.9 Å². The van der Waals surface area contributed by atoms with Crippen LogP contribution >= 0.6 is 0 Å². The number of anilines is 1. The first-order chi connectivity index (χ1) is 11.3. The van der Waals surface area contributed by atoms with Gasteiger partial charge in [0, 0.05) is 32.6 Å². The normalized spacial score (nSPS) is 20.0. The van der Waals surface area contributed by atoms with Crippen LogP contribution in [0.2, 0.25) is 0 Å². The number of hydrogen-bond donors (Lipinski definition) is 0. The molecule has 2 aliphatic heterocycles. The van der Waals surface area contributed by atoms with Crippen LogP contribution in [0.25, 0.3) is 0 Å². The molecule has 0 spiro atoms. The predicted molar refractivity (Wildman–Crippen MR) is 88.6 cm³/mol. The van der Waals surface area contributed by atoms with Gasteiger partial charge in [-0.15, -0.1) is 0 Å². The number of carbonyl (C=O) groups excluding carboxylic acids is 1. The molecule has 2 fully saturated rings. The van der Waals surface area contributed by atoms with Crippen LogP contribution in [0.15, 0.2) is 12.4 Å². The summed E-state index contributed by atoms with van der Waals surface area (Å²) in [6.07, 6.45) is 8.61. The number of aromatic nitrogens is 2. The molecule has 3 rings (SSSR count). The standard InChI is InChI=1S/C17H26N4O2/c1-2-23-16-12-18-11-15(19-16)20-9-6-14(7-10-20)13-21-8-4-3-5-17(21)22/h11-12,14H,2-10,13H2,1H3. The second kappa shape index (κ2) is 7.62. The molecule has 23 heavy (non-hydrogen) atoms. The van der Waals surface area contributed by atoms with Gasteiger partial charge in [-0.1, -0.05) is 0 Å². The molecular weight excluding hydrogens is 292 g/mol. The summed E-state index contributed by atoms with van der Waals surface area (Å²) in [7, 11) is 0. The van der Waals surface area contributed by atoms with Gasteiger partial charge in [0.15, 0.2) is 5.82 Å². The smallest absolute Gasteiger partial charge is 0.234 e. The van der Waals surface area contributed by atoms with Crippen LogP contribution in [0, 0.1) is 5.92 Å². The van der Waals surface area contributed by atoms with Crippen molar-refractivity contribution in [2.45, 2.75) is 39.0 Å². The van der Waals surface area contributed by atoms with E-state index in [1.807, 2.05) is 6.92 Å². The highest BCUT2D eigenvalue weighted by atomic mass is 16.5. The number of rotatable bonds is 5. The molecule has 0 N–H and O–H groups in total. The van der Waals surface area contributed by atoms with Crippen molar-refractivity contribution in [3.05, 3.63) is 12.4 Å². The van der Waals surface area contributed by atoms with Gasteiger partial charge in [0.1, 0.15) is 0 Å². The van der Waals surface area contributed by atoms with Gasteiger partial charge >= 0.3 is 0 Å². The number of hydrogen-bond acceptors (Lipinski definition) is 5. The average molecular weight is 318 g/mol. The molecule has 1 aromatic rings. The molecule has 0 aliphatic carbocycles. The van der Waals surface area contributed by atoms with Crippen molar-refractivity contribution in [1.29, 1.82) is 0 Å². The molecule has 0 atom stereocenters. The summed E-state index contributed by atoms with van der Waals surface area (Å²) in [5, 5.41) is 0. The lowest BCUT2D eigenvalue weighted by molar-refractivity contribution is -0.134. The van der Waals surface area contributed by atoms with Crippen molar-refractivity contribution < 1.29 is 9.53 Å². The lowest BCUT2D eigenvalue weighted by atomic mass is 9.95. The maximum atomic E-state index is 11.9. The summed E-state index contributed by atoms with van der Waals surface area (Å²) in [5.74, 6) is 2.43. The molecular formula is C17H26N4O2. The lowest BCUT2D eigenvalue weighted by Gasteiger charge is -2.36. The van der Waals surface area contributed by atoms with E-state index in [4.69, 9.17) is 4.74 Å². The van der Waals surface area contributed by atoms with Crippen LogP contribution in [0.4, 0.5) is 5.82 Å². The summed E-state index contributed by atoms with van der Waals surface area (Å²) in [6.45, 7) is 6.36. The second-order valence-electron chi connectivity index (χ2n) is 6.38. The van der Waals surface area contributed by atoms with Gasteiger partial charge < -0.3 is 14.5 Å². The summed E-state index contributed by atoms with van der Waals surface area (Å²) < 4.78 is 5.43. The van der Waals surface area contributed by atoms with E-state index in [-0.39, 0.29) is 0 Å². The molecule has 1 aromatic heterocycles. The van der Waals surface area contributed by atoms with E-state index in [0.29, 0.717) is 24.3 Å². The molecule has 2 aliphatic rings. The fourth-order valence-corrected chi connectivity index (χ4v) is 3.42. The number of piperidine rings is 2. The summed E-state index contributed by atoms with van der Waals surface area (Å²) in [6, 6.07) is 0. The van der Waals surface area contributed by atoms with Gasteiger partial charge in [-0.05, 0) is 38.5 Å². The number of likely N-dealkylation sites (tertiary alicyclic amines) is 1. The molecule has 1 amide bonds. The third kappa shape index (κ3) is 4.12. The van der Waals surface area contributed by atoms with Crippen LogP contribution in [0.1, 0.15) is 39.0 Å². The van der Waals surface area contributed by atoms with E-state index in [2.05, 4.69) is 19.8 Å². The zero-order chi connectivity index (χ0) is 16.1. The molecule has 0 unspecified atom stereocenters. The first-order valence-electron chi connectivity index (χ1n) is 8.74. The summed E-state index contributed by atoms with van der Waals surface area (Å²) in [4.78, 5) is 25.0. The zero-order valence-corrected chi connectivity index (χ0v) is 13.9. The lowest BCUT2D eigenvalue weighted by Crippen LogP contribution is -2.42. The number of ether oxygens (including phenoxy) is 1. The van der Waals surface area contributed by atoms with Gasteiger partial charge in [0.2, 0.25) is 11.8 Å². The fourth-order valence-electron chi connectivity index (χ4n) is 3.42. The van der Waals surface area contributed by atoms with Crippen molar-refractivity contribution >= 4 is 11.7 Å². The van der Waals surface area contributed by atoms with E-state index in [9.17, 15) is 4.79 Å². The monoisotopic (exact) mass is 318 g/mol. The van der Waals surface area contributed by atoms with Crippen molar-refractivity contribution in [2.24, 2.45) is 5.92 Å². The highest BCUT2D eigenvalue weighted by molar-refractivity contribution is 5.76. The largest absolute Gasteiger partial charge is 0.477 e. The number of nitrogens with zero attached hydrogens (tertiary/aromatic N) is 4. The Morgan fingerprint density at radius 3 is 2.78 bits per heavy atom. The molecule has 0 bridgehead atoms. The van der Waals surface area contributed by atoms with Gasteiger partial charge in [-0.25, -0.2) is 0 Å². The average Bonchev–Trinajstić information content (AvgIpc) is 2.58. The Hall–Kier alpha value is -1.85. The summed E-state index contributed by atoms with van der Waals surface area (Å²) in [5.41, 5.74) is 0. The molecule has 0 aromatic carbocycles. The SMILES string of the molecule is CCOc1cncc(N2CCC(CN3CCCCC3=O)CC2)n1. The van der Waals surface area contributed by atoms with Crippen LogP contribution < -0.4 is 9.64 Å². The molecule has 2 saturated heterocycles. The highest BCUT2D eigenvalue weighted by Crippen LogP contribution is 2.24. The molecule has 6 heteroatoms. The van der Waals surface area contributed by atoms with Crippen LogP contribution in [0.5, 0.6) is 5.88 Å². The van der Waals surface area contributed by atoms with Crippen LogP contribution in [-0.2, 0) is 4.79 Å². The topological polar surface area (TPSA) is 58.6 Å². The summed E-state index contributed by atoms with van der Waals surface area (Å²) >= 11 is 0.